The number of carbonyl (C=O) groups is 1. The molecule has 6 nitrogen and oxygen atoms in total. The first-order valence-electron chi connectivity index (χ1n) is 9.76. The molecule has 0 bridgehead atoms. The maximum Gasteiger partial charge on any atom is 0.322 e. The van der Waals surface area contributed by atoms with Gasteiger partial charge in [0.2, 0.25) is 11.7 Å². The first-order chi connectivity index (χ1) is 14.0. The molecule has 0 saturated carbocycles. The number of urea groups is 1. The highest BCUT2D eigenvalue weighted by Crippen LogP contribution is 2.32. The summed E-state index contributed by atoms with van der Waals surface area (Å²) in [6.07, 6.45) is 2.75. The number of aromatic nitrogens is 2. The molecule has 1 N–H and O–H groups in total. The molecular formula is C22H23ClN4O2. The van der Waals surface area contributed by atoms with E-state index in [1.807, 2.05) is 44.2 Å². The molecule has 1 aromatic heterocycles. The van der Waals surface area contributed by atoms with Crippen molar-refractivity contribution in [2.24, 2.45) is 0 Å². The van der Waals surface area contributed by atoms with E-state index in [2.05, 4.69) is 15.5 Å². The minimum Gasteiger partial charge on any atom is -0.337 e. The number of carbonyl (C=O) groups excluding carboxylic acids is 1. The summed E-state index contributed by atoms with van der Waals surface area (Å²) in [5.41, 5.74) is 3.82. The Hall–Kier alpha value is -2.86. The Morgan fingerprint density at radius 2 is 2.03 bits per heavy atom. The van der Waals surface area contributed by atoms with Crippen LogP contribution in [0.1, 0.15) is 42.3 Å². The molecule has 2 amide bonds. The van der Waals surface area contributed by atoms with Crippen LogP contribution >= 0.6 is 11.6 Å². The summed E-state index contributed by atoms with van der Waals surface area (Å²) >= 11 is 6.07. The van der Waals surface area contributed by atoms with Gasteiger partial charge in [-0.05, 0) is 62.4 Å². The SMILES string of the molecule is Cc1cccc(NC(=O)N2CCCCC2c2nc(-c3cccc(Cl)c3)no2)c1C. The van der Waals surface area contributed by atoms with Gasteiger partial charge < -0.3 is 14.7 Å². The van der Waals surface area contributed by atoms with Crippen LogP contribution < -0.4 is 5.32 Å². The summed E-state index contributed by atoms with van der Waals surface area (Å²) in [6.45, 7) is 4.69. The van der Waals surface area contributed by atoms with Crippen LogP contribution in [0.4, 0.5) is 10.5 Å². The maximum absolute atomic E-state index is 13.0. The highest BCUT2D eigenvalue weighted by Gasteiger charge is 2.32. The lowest BCUT2D eigenvalue weighted by Gasteiger charge is -2.33. The highest BCUT2D eigenvalue weighted by atomic mass is 35.5. The molecule has 1 aliphatic rings. The van der Waals surface area contributed by atoms with E-state index in [0.717, 1.165) is 41.6 Å². The number of amides is 2. The van der Waals surface area contributed by atoms with Gasteiger partial charge in [-0.3, -0.25) is 0 Å². The van der Waals surface area contributed by atoms with Gasteiger partial charge in [0.15, 0.2) is 0 Å². The quantitative estimate of drug-likeness (QED) is 0.595. The second kappa shape index (κ2) is 8.25. The lowest BCUT2D eigenvalue weighted by Crippen LogP contribution is -2.41. The number of anilines is 1. The van der Waals surface area contributed by atoms with Gasteiger partial charge in [-0.15, -0.1) is 0 Å². The third-order valence-corrected chi connectivity index (χ3v) is 5.65. The van der Waals surface area contributed by atoms with Gasteiger partial charge in [-0.25, -0.2) is 4.79 Å². The second-order valence-electron chi connectivity index (χ2n) is 7.35. The summed E-state index contributed by atoms with van der Waals surface area (Å²) < 4.78 is 5.55. The normalized spacial score (nSPS) is 16.7. The van der Waals surface area contributed by atoms with Gasteiger partial charge >= 0.3 is 6.03 Å². The molecule has 2 heterocycles. The topological polar surface area (TPSA) is 71.3 Å². The summed E-state index contributed by atoms with van der Waals surface area (Å²) in [6, 6.07) is 12.8. The zero-order valence-corrected chi connectivity index (χ0v) is 17.2. The highest BCUT2D eigenvalue weighted by molar-refractivity contribution is 6.30. The van der Waals surface area contributed by atoms with Gasteiger partial charge in [0.25, 0.3) is 0 Å². The molecule has 1 aliphatic heterocycles. The van der Waals surface area contributed by atoms with E-state index in [0.29, 0.717) is 23.3 Å². The Labute approximate surface area is 174 Å². The van der Waals surface area contributed by atoms with E-state index in [1.165, 1.54) is 0 Å². The van der Waals surface area contributed by atoms with Crippen molar-refractivity contribution in [3.8, 4) is 11.4 Å². The van der Waals surface area contributed by atoms with Crippen molar-refractivity contribution in [2.45, 2.75) is 39.2 Å². The average molecular weight is 411 g/mol. The van der Waals surface area contributed by atoms with Crippen LogP contribution in [0.25, 0.3) is 11.4 Å². The van der Waals surface area contributed by atoms with Crippen LogP contribution in [0.3, 0.4) is 0 Å². The van der Waals surface area contributed by atoms with Gasteiger partial charge in [-0.1, -0.05) is 41.0 Å². The van der Waals surface area contributed by atoms with E-state index >= 15 is 0 Å². The second-order valence-corrected chi connectivity index (χ2v) is 7.79. The molecule has 150 valence electrons. The molecule has 0 aliphatic carbocycles. The fourth-order valence-corrected chi connectivity index (χ4v) is 3.81. The number of benzene rings is 2. The Morgan fingerprint density at radius 3 is 2.86 bits per heavy atom. The van der Waals surface area contributed by atoms with Crippen LogP contribution in [0.5, 0.6) is 0 Å². The van der Waals surface area contributed by atoms with Crippen molar-refractivity contribution >= 4 is 23.3 Å². The monoisotopic (exact) mass is 410 g/mol. The molecule has 1 fully saturated rings. The summed E-state index contributed by atoms with van der Waals surface area (Å²) in [4.78, 5) is 19.4. The number of halogens is 1. The smallest absolute Gasteiger partial charge is 0.322 e. The number of nitrogens with one attached hydrogen (secondary N) is 1. The standard InChI is InChI=1S/C22H23ClN4O2/c1-14-7-5-10-18(15(14)2)24-22(28)27-12-4-3-11-19(27)21-25-20(26-29-21)16-8-6-9-17(23)13-16/h5-10,13,19H,3-4,11-12H2,1-2H3,(H,24,28). The first-order valence-corrected chi connectivity index (χ1v) is 10.1. The molecule has 29 heavy (non-hydrogen) atoms. The van der Waals surface area contributed by atoms with Crippen LogP contribution in [-0.2, 0) is 0 Å². The molecule has 1 saturated heterocycles. The van der Waals surface area contributed by atoms with Crippen molar-refractivity contribution in [2.75, 3.05) is 11.9 Å². The molecule has 7 heteroatoms. The zero-order chi connectivity index (χ0) is 20.4. The third-order valence-electron chi connectivity index (χ3n) is 5.42. The van der Waals surface area contributed by atoms with Crippen LogP contribution in [0.2, 0.25) is 5.02 Å². The average Bonchev–Trinajstić information content (AvgIpc) is 3.21. The van der Waals surface area contributed by atoms with Crippen molar-refractivity contribution in [1.29, 1.82) is 0 Å². The Morgan fingerprint density at radius 1 is 1.21 bits per heavy atom. The van der Waals surface area contributed by atoms with E-state index in [-0.39, 0.29) is 12.1 Å². The molecule has 1 unspecified atom stereocenters. The van der Waals surface area contributed by atoms with Crippen LogP contribution in [0.15, 0.2) is 47.0 Å². The molecule has 1 atom stereocenters. The lowest BCUT2D eigenvalue weighted by molar-refractivity contribution is 0.142. The van der Waals surface area contributed by atoms with Crippen molar-refractivity contribution in [1.82, 2.24) is 15.0 Å². The number of nitrogens with zero attached hydrogens (tertiary/aromatic N) is 3. The molecule has 0 spiro atoms. The van der Waals surface area contributed by atoms with Crippen molar-refractivity contribution in [3.63, 3.8) is 0 Å². The number of likely N-dealkylation sites (tertiary alicyclic amines) is 1. The van der Waals surface area contributed by atoms with Gasteiger partial charge in [0, 0.05) is 22.8 Å². The lowest BCUT2D eigenvalue weighted by atomic mass is 10.0. The van der Waals surface area contributed by atoms with E-state index < -0.39 is 0 Å². The number of hydrogen-bond donors (Lipinski definition) is 1. The largest absolute Gasteiger partial charge is 0.337 e. The number of aryl methyl sites for hydroxylation is 1. The fourth-order valence-electron chi connectivity index (χ4n) is 3.62. The molecule has 3 aromatic rings. The molecule has 4 rings (SSSR count). The number of hydrogen-bond acceptors (Lipinski definition) is 4. The summed E-state index contributed by atoms with van der Waals surface area (Å²) in [5.74, 6) is 0.929. The Balaban J connectivity index is 1.56. The molecule has 0 radical (unpaired) electrons. The maximum atomic E-state index is 13.0. The van der Waals surface area contributed by atoms with Gasteiger partial charge in [-0.2, -0.15) is 4.98 Å². The van der Waals surface area contributed by atoms with Gasteiger partial charge in [0.1, 0.15) is 6.04 Å². The Kier molecular flexibility index (Phi) is 5.53. The van der Waals surface area contributed by atoms with Crippen LogP contribution in [0, 0.1) is 13.8 Å². The Bertz CT molecular complexity index is 1030. The predicted octanol–water partition coefficient (Wildman–Crippen LogP) is 5.77. The minimum absolute atomic E-state index is 0.147. The number of rotatable bonds is 3. The van der Waals surface area contributed by atoms with Crippen molar-refractivity contribution in [3.05, 3.63) is 64.5 Å². The van der Waals surface area contributed by atoms with Crippen molar-refractivity contribution < 1.29 is 9.32 Å². The third kappa shape index (κ3) is 4.12. The number of piperidine rings is 1. The van der Waals surface area contributed by atoms with E-state index in [1.54, 1.807) is 17.0 Å². The zero-order valence-electron chi connectivity index (χ0n) is 16.5. The summed E-state index contributed by atoms with van der Waals surface area (Å²) in [5, 5.41) is 7.76. The molecule has 2 aromatic carbocycles. The van der Waals surface area contributed by atoms with E-state index in [9.17, 15) is 4.79 Å². The minimum atomic E-state index is -0.241. The summed E-state index contributed by atoms with van der Waals surface area (Å²) in [7, 11) is 0. The fraction of sp³-hybridized carbons (Fsp3) is 0.318. The van der Waals surface area contributed by atoms with Crippen LogP contribution in [-0.4, -0.2) is 27.6 Å². The van der Waals surface area contributed by atoms with E-state index in [4.69, 9.17) is 16.1 Å². The predicted molar refractivity (Wildman–Crippen MR) is 113 cm³/mol. The first kappa shape index (κ1) is 19.5. The molecular weight excluding hydrogens is 388 g/mol. The van der Waals surface area contributed by atoms with Gasteiger partial charge in [0.05, 0.1) is 0 Å².